The molecule has 4 atom stereocenters. The molecule has 1 aliphatic carbocycles. The maximum atomic E-state index is 16.1. The number of alkyl halides is 2. The summed E-state index contributed by atoms with van der Waals surface area (Å²) in [7, 11) is -4.85. The van der Waals surface area contributed by atoms with Gasteiger partial charge < -0.3 is 49.7 Å². The van der Waals surface area contributed by atoms with E-state index in [4.69, 9.17) is 29.7 Å². The Hall–Kier alpha value is -6.29. The highest BCUT2D eigenvalue weighted by molar-refractivity contribution is 7.91. The maximum Gasteiger partial charge on any atom is 0.297 e. The molecule has 18 nitrogen and oxygen atoms in total. The molecular formula is C53H61F2N9O9S. The van der Waals surface area contributed by atoms with E-state index in [1.54, 1.807) is 23.2 Å². The van der Waals surface area contributed by atoms with E-state index in [-0.39, 0.29) is 103 Å². The number of carbonyl (C=O) groups is 1. The second kappa shape index (κ2) is 18.5. The minimum Gasteiger partial charge on any atom is -0.491 e. The van der Waals surface area contributed by atoms with Crippen molar-refractivity contribution in [2.75, 3.05) is 74.2 Å². The number of piperidine rings is 2. The number of rotatable bonds is 12. The van der Waals surface area contributed by atoms with Gasteiger partial charge in [-0.3, -0.25) is 19.8 Å². The van der Waals surface area contributed by atoms with E-state index in [0.717, 1.165) is 56.9 Å². The van der Waals surface area contributed by atoms with E-state index in [9.17, 15) is 23.7 Å². The highest BCUT2D eigenvalue weighted by atomic mass is 32.2. The number of benzene rings is 3. The van der Waals surface area contributed by atoms with Crippen molar-refractivity contribution in [2.45, 2.75) is 117 Å². The largest absolute Gasteiger partial charge is 0.491 e. The van der Waals surface area contributed by atoms with Crippen molar-refractivity contribution >= 4 is 55.2 Å². The molecule has 6 aliphatic heterocycles. The van der Waals surface area contributed by atoms with Crippen LogP contribution in [0.1, 0.15) is 87.2 Å². The number of H-pyrrole nitrogens is 1. The second-order valence-electron chi connectivity index (χ2n) is 21.6. The van der Waals surface area contributed by atoms with Gasteiger partial charge in [0.15, 0.2) is 11.4 Å². The Bertz CT molecular complexity index is 3130. The Morgan fingerprint density at radius 3 is 2.53 bits per heavy atom. The fourth-order valence-corrected chi connectivity index (χ4v) is 14.6. The number of likely N-dealkylation sites (tertiary alicyclic amines) is 2. The number of aromatic amines is 1. The number of nitrogens with one attached hydrogen (secondary N) is 2. The molecule has 392 valence electrons. The molecular weight excluding hydrogens is 977 g/mol. The van der Waals surface area contributed by atoms with Crippen LogP contribution >= 0.6 is 0 Å². The number of sulfone groups is 1. The van der Waals surface area contributed by atoms with Crippen molar-refractivity contribution in [1.82, 2.24) is 19.8 Å². The number of ether oxygens (including phenoxy) is 4. The zero-order chi connectivity index (χ0) is 51.3. The van der Waals surface area contributed by atoms with Gasteiger partial charge in [0.1, 0.15) is 34.7 Å². The van der Waals surface area contributed by atoms with Gasteiger partial charge in [-0.05, 0) is 94.7 Å². The van der Waals surface area contributed by atoms with Crippen molar-refractivity contribution in [3.8, 4) is 17.4 Å². The first-order valence-corrected chi connectivity index (χ1v) is 27.3. The van der Waals surface area contributed by atoms with Crippen molar-refractivity contribution in [3.05, 3.63) is 88.1 Å². The minimum atomic E-state index is -4.85. The normalized spacial score (nSPS) is 24.7. The van der Waals surface area contributed by atoms with Crippen LogP contribution in [0, 0.1) is 15.5 Å². The Morgan fingerprint density at radius 1 is 0.986 bits per heavy atom. The third-order valence-corrected chi connectivity index (χ3v) is 18.3. The Labute approximate surface area is 427 Å². The summed E-state index contributed by atoms with van der Waals surface area (Å²) in [4.78, 5) is 41.8. The van der Waals surface area contributed by atoms with Gasteiger partial charge in [0.25, 0.3) is 17.5 Å². The molecule has 1 amide bonds. The number of carbonyl (C=O) groups excluding carboxylic acids is 1. The van der Waals surface area contributed by atoms with Crippen LogP contribution in [0.3, 0.4) is 0 Å². The topological polar surface area (TPSA) is 211 Å². The van der Waals surface area contributed by atoms with Crippen LogP contribution in [0.4, 0.5) is 37.2 Å². The molecule has 8 heterocycles. The number of primary amides is 1. The molecule has 21 heteroatoms. The number of anilines is 4. The summed E-state index contributed by atoms with van der Waals surface area (Å²) < 4.78 is 85.1. The number of nitrogens with two attached hydrogens (primary N) is 1. The zero-order valence-corrected chi connectivity index (χ0v) is 42.3. The summed E-state index contributed by atoms with van der Waals surface area (Å²) in [6.45, 7) is 6.99. The van der Waals surface area contributed by atoms with E-state index in [0.29, 0.717) is 41.5 Å². The summed E-state index contributed by atoms with van der Waals surface area (Å²) in [5.74, 6) is -2.55. The minimum absolute atomic E-state index is 0.00287. The number of nitro groups is 1. The number of hydrogen-bond acceptors (Lipinski definition) is 15. The van der Waals surface area contributed by atoms with Crippen LogP contribution in [-0.2, 0) is 14.6 Å². The standard InChI is InChI=1S/C53H61F2N9O9S/c1-31(2)72-43-8-4-3-6-36(43)38-7-5-17-62(38)34-25-52(26-34)12-20-61(21-13-52)39-10-9-37(49(56)65)47(63-41-22-32-11-16-57-50(32)59-51(41)73-45-30-70-29-42(45)63)48(39)74(68,69)35-23-40(64(66)67)46-44(24-35)71-28-33(58-46)27-60-18-14-53(54,55)15-19-60/h3-4,6,8-11,16,22-24,31,33-34,38,42,45,58H,5,7,12-15,17-21,25-30H2,1-2H3,(H2,56,65)(H,57,59)/t33-,38-,42+,45+/m0/s1. The highest BCUT2D eigenvalue weighted by Crippen LogP contribution is 2.56. The first-order valence-electron chi connectivity index (χ1n) is 25.9. The number of hydrogen-bond donors (Lipinski definition) is 3. The van der Waals surface area contributed by atoms with Crippen molar-refractivity contribution in [1.29, 1.82) is 0 Å². The molecule has 0 radical (unpaired) electrons. The fourth-order valence-electron chi connectivity index (χ4n) is 12.9. The van der Waals surface area contributed by atoms with E-state index in [1.165, 1.54) is 11.6 Å². The van der Waals surface area contributed by atoms with Crippen molar-refractivity contribution < 1.29 is 45.9 Å². The Balaban J connectivity index is 0.915. The smallest absolute Gasteiger partial charge is 0.297 e. The van der Waals surface area contributed by atoms with Crippen LogP contribution in [-0.4, -0.2) is 134 Å². The molecule has 2 aromatic heterocycles. The van der Waals surface area contributed by atoms with E-state index >= 15 is 8.42 Å². The summed E-state index contributed by atoms with van der Waals surface area (Å²) in [5.41, 5.74) is 8.14. The van der Waals surface area contributed by atoms with Gasteiger partial charge in [0.2, 0.25) is 15.7 Å². The van der Waals surface area contributed by atoms with Crippen LogP contribution in [0.15, 0.2) is 76.7 Å². The van der Waals surface area contributed by atoms with Gasteiger partial charge in [-0.1, -0.05) is 18.2 Å². The van der Waals surface area contributed by atoms with Gasteiger partial charge >= 0.3 is 0 Å². The summed E-state index contributed by atoms with van der Waals surface area (Å²) in [5, 5.41) is 16.9. The number of pyridine rings is 1. The lowest BCUT2D eigenvalue weighted by Crippen LogP contribution is -2.55. The Morgan fingerprint density at radius 2 is 1.77 bits per heavy atom. The average Bonchev–Trinajstić information content (AvgIpc) is 4.17. The lowest BCUT2D eigenvalue weighted by Gasteiger charge is -2.56. The van der Waals surface area contributed by atoms with E-state index in [2.05, 4.69) is 38.3 Å². The molecule has 1 spiro atoms. The monoisotopic (exact) mass is 1040 g/mol. The van der Waals surface area contributed by atoms with Crippen molar-refractivity contribution in [3.63, 3.8) is 0 Å². The third kappa shape index (κ3) is 8.62. The number of aromatic nitrogens is 2. The van der Waals surface area contributed by atoms with Crippen LogP contribution in [0.25, 0.3) is 11.0 Å². The van der Waals surface area contributed by atoms with E-state index in [1.807, 2.05) is 36.9 Å². The van der Waals surface area contributed by atoms with Gasteiger partial charge in [-0.15, -0.1) is 0 Å². The number of nitro benzene ring substituents is 1. The van der Waals surface area contributed by atoms with Crippen molar-refractivity contribution in [2.24, 2.45) is 11.1 Å². The first-order chi connectivity index (χ1) is 35.5. The number of fused-ring (bicyclic) bond motifs is 4. The highest BCUT2D eigenvalue weighted by Gasteiger charge is 2.52. The molecule has 5 fully saturated rings. The van der Waals surface area contributed by atoms with Gasteiger partial charge in [0.05, 0.1) is 58.2 Å². The first kappa shape index (κ1) is 48.6. The number of halogens is 2. The molecule has 4 N–H and O–H groups in total. The third-order valence-electron chi connectivity index (χ3n) is 16.5. The number of para-hydroxylation sites is 1. The summed E-state index contributed by atoms with van der Waals surface area (Å²) >= 11 is 0. The predicted molar refractivity (Wildman–Crippen MR) is 272 cm³/mol. The molecule has 7 aliphatic rings. The van der Waals surface area contributed by atoms with Gasteiger partial charge in [-0.25, -0.2) is 17.2 Å². The second-order valence-corrected chi connectivity index (χ2v) is 23.5. The van der Waals surface area contributed by atoms with Gasteiger partial charge in [0, 0.05) is 86.9 Å². The summed E-state index contributed by atoms with van der Waals surface area (Å²) in [6.07, 6.45) is 6.37. The van der Waals surface area contributed by atoms with Gasteiger partial charge in [-0.2, -0.15) is 4.98 Å². The maximum absolute atomic E-state index is 16.1. The molecule has 3 aromatic carbocycles. The molecule has 0 unspecified atom stereocenters. The summed E-state index contributed by atoms with van der Waals surface area (Å²) in [6, 6.07) is 17.0. The van der Waals surface area contributed by atoms with Crippen LogP contribution < -0.4 is 35.1 Å². The lowest BCUT2D eigenvalue weighted by atomic mass is 9.60. The molecule has 5 aromatic rings. The molecule has 4 saturated heterocycles. The molecule has 12 rings (SSSR count). The van der Waals surface area contributed by atoms with Crippen LogP contribution in [0.5, 0.6) is 17.4 Å². The average molecular weight is 1040 g/mol. The Kier molecular flexibility index (Phi) is 12.2. The van der Waals surface area contributed by atoms with Crippen LogP contribution in [0.2, 0.25) is 0 Å². The number of amides is 1. The SMILES string of the molecule is CC(C)Oc1ccccc1[C@@H]1CCCN1C1CC2(CCN(c3ccc(C(N)=O)c(N4c5cc6cc[nH]c6nc5O[C@@H]5COC[C@H]54)c3S(=O)(=O)c3cc4c(c([N+](=O)[O-])c3)N[C@@H](CN3CCC(F)(F)CC3)CO4)CC2)C1. The molecule has 0 bridgehead atoms. The quantitative estimate of drug-likeness (QED) is 0.0799. The predicted octanol–water partition coefficient (Wildman–Crippen LogP) is 7.98. The molecule has 1 saturated carbocycles. The molecule has 74 heavy (non-hydrogen) atoms. The lowest BCUT2D eigenvalue weighted by molar-refractivity contribution is -0.384. The fraction of sp³-hybridized carbons (Fsp3) is 0.509. The number of nitrogens with zero attached hydrogens (tertiary/aromatic N) is 6. The zero-order valence-electron chi connectivity index (χ0n) is 41.4. The van der Waals surface area contributed by atoms with E-state index < -0.39 is 55.4 Å².